The third-order valence-electron chi connectivity index (χ3n) is 13.8. The van der Waals surface area contributed by atoms with E-state index < -0.39 is 0 Å². The maximum Gasteiger partial charge on any atom is 0.306 e. The Morgan fingerprint density at radius 1 is 0.796 bits per heavy atom. The van der Waals surface area contributed by atoms with Crippen molar-refractivity contribution < 1.29 is 9.53 Å². The number of ether oxygens (including phenoxy) is 1. The van der Waals surface area contributed by atoms with Crippen LogP contribution in [0.2, 0.25) is 0 Å². The average Bonchev–Trinajstić information content (AvgIpc) is 3.43. The molecule has 3 saturated carbocycles. The van der Waals surface area contributed by atoms with E-state index in [4.69, 9.17) is 4.74 Å². The van der Waals surface area contributed by atoms with Crippen LogP contribution in [0.25, 0.3) is 0 Å². The molecule has 0 spiro atoms. The molecule has 0 N–H and O–H groups in total. The first-order valence-corrected chi connectivity index (χ1v) is 21.2. The quantitative estimate of drug-likeness (QED) is 0.0731. The number of fused-ring (bicyclic) bond motifs is 5. The molecule has 0 aromatic heterocycles. The highest BCUT2D eigenvalue weighted by Gasteiger charge is 2.59. The van der Waals surface area contributed by atoms with Crippen LogP contribution in [0.1, 0.15) is 176 Å². The van der Waals surface area contributed by atoms with Gasteiger partial charge in [0.1, 0.15) is 6.10 Å². The van der Waals surface area contributed by atoms with Gasteiger partial charge in [0.05, 0.1) is 0 Å². The SMILES string of the molecule is CCCCC/C=C\C/C=C\C/C=C\C/C=C\CCCC(=O)O[C@H]1CC[C@@]2(C)C(=CCC3C2CC[C@@]2(C)C3CC[C@@H]2C(C)CCCC(C)C)C1. The molecule has 0 aliphatic heterocycles. The lowest BCUT2D eigenvalue weighted by atomic mass is 9.47. The van der Waals surface area contributed by atoms with Crippen molar-refractivity contribution in [3.05, 3.63) is 60.3 Å². The molecule has 276 valence electrons. The molecular weight excluding hydrogens is 597 g/mol. The Kier molecular flexibility index (Phi) is 16.5. The highest BCUT2D eigenvalue weighted by molar-refractivity contribution is 5.69. The molecule has 2 nitrogen and oxygen atoms in total. The number of carbonyl (C=O) groups excluding carboxylic acids is 1. The normalized spacial score (nSPS) is 32.2. The fraction of sp³-hybridized carbons (Fsp3) is 0.766. The maximum absolute atomic E-state index is 12.8. The summed E-state index contributed by atoms with van der Waals surface area (Å²) in [6.45, 7) is 14.9. The van der Waals surface area contributed by atoms with Gasteiger partial charge in [-0.1, -0.05) is 134 Å². The van der Waals surface area contributed by atoms with Gasteiger partial charge in [0, 0.05) is 12.8 Å². The van der Waals surface area contributed by atoms with Gasteiger partial charge in [-0.3, -0.25) is 4.79 Å². The van der Waals surface area contributed by atoms with E-state index >= 15 is 0 Å². The van der Waals surface area contributed by atoms with Crippen molar-refractivity contribution in [2.24, 2.45) is 46.3 Å². The number of allylic oxidation sites excluding steroid dienone is 9. The summed E-state index contributed by atoms with van der Waals surface area (Å²) in [7, 11) is 0. The lowest BCUT2D eigenvalue weighted by molar-refractivity contribution is -0.151. The van der Waals surface area contributed by atoms with Crippen LogP contribution in [0.5, 0.6) is 0 Å². The highest BCUT2D eigenvalue weighted by Crippen LogP contribution is 2.67. The molecule has 4 unspecified atom stereocenters. The Labute approximate surface area is 303 Å². The zero-order chi connectivity index (χ0) is 35.1. The molecule has 2 heteroatoms. The maximum atomic E-state index is 12.8. The van der Waals surface area contributed by atoms with E-state index in [1.165, 1.54) is 83.5 Å². The smallest absolute Gasteiger partial charge is 0.306 e. The summed E-state index contributed by atoms with van der Waals surface area (Å²) in [5.41, 5.74) is 2.48. The second-order valence-electron chi connectivity index (χ2n) is 17.6. The molecule has 4 rings (SSSR count). The minimum atomic E-state index is 0.00622. The van der Waals surface area contributed by atoms with E-state index in [0.29, 0.717) is 17.3 Å². The Balaban J connectivity index is 1.13. The van der Waals surface area contributed by atoms with Crippen molar-refractivity contribution in [2.75, 3.05) is 0 Å². The number of unbranched alkanes of at least 4 members (excludes halogenated alkanes) is 4. The summed E-state index contributed by atoms with van der Waals surface area (Å²) in [4.78, 5) is 12.8. The molecule has 0 amide bonds. The van der Waals surface area contributed by atoms with Crippen molar-refractivity contribution in [2.45, 2.75) is 182 Å². The minimum Gasteiger partial charge on any atom is -0.462 e. The molecule has 4 aliphatic carbocycles. The molecule has 8 atom stereocenters. The van der Waals surface area contributed by atoms with Crippen LogP contribution in [0.4, 0.5) is 0 Å². The standard InChI is InChI=1S/C47H76O2/c1-7-8-9-10-11-12-13-14-15-16-17-18-19-20-21-22-23-27-45(48)49-40-32-34-46(5)39(36-40)28-29-41-43-31-30-42(38(4)26-24-25-37(2)3)47(43,6)35-33-44(41)46/h11-12,14-15,17-18,20-21,28,37-38,40-44H,7-10,13,16,19,22-27,29-36H2,1-6H3/b12-11-,15-14-,18-17-,21-20-/t38?,40-,41?,42+,43?,44?,46-,47+/m0/s1. The van der Waals surface area contributed by atoms with Crippen LogP contribution in [0, 0.1) is 46.3 Å². The van der Waals surface area contributed by atoms with E-state index in [9.17, 15) is 4.79 Å². The van der Waals surface area contributed by atoms with Gasteiger partial charge in [-0.05, 0) is 136 Å². The van der Waals surface area contributed by atoms with Crippen molar-refractivity contribution in [1.29, 1.82) is 0 Å². The molecule has 0 radical (unpaired) electrons. The number of esters is 1. The fourth-order valence-electron chi connectivity index (χ4n) is 10.9. The van der Waals surface area contributed by atoms with Crippen LogP contribution >= 0.6 is 0 Å². The fourth-order valence-corrected chi connectivity index (χ4v) is 10.9. The molecule has 0 aromatic rings. The molecular formula is C47H76O2. The summed E-state index contributed by atoms with van der Waals surface area (Å²) in [6.07, 6.45) is 45.7. The topological polar surface area (TPSA) is 26.3 Å². The van der Waals surface area contributed by atoms with Gasteiger partial charge in [-0.25, -0.2) is 0 Å². The second kappa shape index (κ2) is 20.3. The summed E-state index contributed by atoms with van der Waals surface area (Å²) in [5, 5.41) is 0. The van der Waals surface area contributed by atoms with Crippen LogP contribution in [0.15, 0.2) is 60.3 Å². The van der Waals surface area contributed by atoms with E-state index in [1.807, 2.05) is 0 Å². The third kappa shape index (κ3) is 11.3. The van der Waals surface area contributed by atoms with Crippen molar-refractivity contribution in [3.63, 3.8) is 0 Å². The third-order valence-corrected chi connectivity index (χ3v) is 13.8. The van der Waals surface area contributed by atoms with E-state index in [-0.39, 0.29) is 12.1 Å². The lowest BCUT2D eigenvalue weighted by Crippen LogP contribution is -2.51. The molecule has 49 heavy (non-hydrogen) atoms. The molecule has 4 aliphatic rings. The van der Waals surface area contributed by atoms with E-state index in [1.54, 1.807) is 5.57 Å². The van der Waals surface area contributed by atoms with Crippen LogP contribution in [-0.4, -0.2) is 12.1 Å². The molecule has 0 heterocycles. The van der Waals surface area contributed by atoms with Gasteiger partial charge in [0.25, 0.3) is 0 Å². The first-order valence-electron chi connectivity index (χ1n) is 21.2. The van der Waals surface area contributed by atoms with Gasteiger partial charge < -0.3 is 4.74 Å². The molecule has 3 fully saturated rings. The lowest BCUT2D eigenvalue weighted by Gasteiger charge is -2.58. The Morgan fingerprint density at radius 2 is 1.47 bits per heavy atom. The zero-order valence-corrected chi connectivity index (χ0v) is 32.9. The largest absolute Gasteiger partial charge is 0.462 e. The average molecular weight is 673 g/mol. The number of hydrogen-bond donors (Lipinski definition) is 0. The summed E-state index contributed by atoms with van der Waals surface area (Å²) >= 11 is 0. The monoisotopic (exact) mass is 673 g/mol. The summed E-state index contributed by atoms with van der Waals surface area (Å²) < 4.78 is 6.10. The van der Waals surface area contributed by atoms with Crippen molar-refractivity contribution in [3.8, 4) is 0 Å². The van der Waals surface area contributed by atoms with Crippen LogP contribution in [-0.2, 0) is 9.53 Å². The molecule has 0 aromatic carbocycles. The number of hydrogen-bond acceptors (Lipinski definition) is 2. The van der Waals surface area contributed by atoms with Gasteiger partial charge in [0.15, 0.2) is 0 Å². The van der Waals surface area contributed by atoms with Crippen LogP contribution < -0.4 is 0 Å². The van der Waals surface area contributed by atoms with Gasteiger partial charge >= 0.3 is 5.97 Å². The predicted octanol–water partition coefficient (Wildman–Crippen LogP) is 14.1. The second-order valence-corrected chi connectivity index (χ2v) is 17.6. The van der Waals surface area contributed by atoms with Gasteiger partial charge in [-0.2, -0.15) is 0 Å². The zero-order valence-electron chi connectivity index (χ0n) is 32.9. The summed E-state index contributed by atoms with van der Waals surface area (Å²) in [5.74, 6) is 5.21. The predicted molar refractivity (Wildman–Crippen MR) is 211 cm³/mol. The summed E-state index contributed by atoms with van der Waals surface area (Å²) in [6, 6.07) is 0. The van der Waals surface area contributed by atoms with Crippen molar-refractivity contribution >= 4 is 5.97 Å². The molecule has 0 saturated heterocycles. The number of carbonyl (C=O) groups is 1. The van der Waals surface area contributed by atoms with E-state index in [2.05, 4.69) is 96.2 Å². The highest BCUT2D eigenvalue weighted by atomic mass is 16.5. The minimum absolute atomic E-state index is 0.00622. The number of rotatable bonds is 20. The van der Waals surface area contributed by atoms with E-state index in [0.717, 1.165) is 80.5 Å². The van der Waals surface area contributed by atoms with Crippen molar-refractivity contribution in [1.82, 2.24) is 0 Å². The molecule has 0 bridgehead atoms. The Bertz CT molecular complexity index is 1140. The first kappa shape index (κ1) is 39.9. The van der Waals surface area contributed by atoms with Crippen LogP contribution in [0.3, 0.4) is 0 Å². The van der Waals surface area contributed by atoms with Gasteiger partial charge in [0.2, 0.25) is 0 Å². The Hall–Kier alpha value is -1.83. The first-order chi connectivity index (χ1) is 23.7. The van der Waals surface area contributed by atoms with Gasteiger partial charge in [-0.15, -0.1) is 0 Å². The Morgan fingerprint density at radius 3 is 2.14 bits per heavy atom.